The first-order valence-corrected chi connectivity index (χ1v) is 9.94. The predicted molar refractivity (Wildman–Crippen MR) is 115 cm³/mol. The number of rotatable bonds is 4. The third kappa shape index (κ3) is 5.08. The van der Waals surface area contributed by atoms with Crippen LogP contribution in [0.3, 0.4) is 0 Å². The molecule has 0 unspecified atom stereocenters. The number of carboxylic acids is 1. The van der Waals surface area contributed by atoms with Gasteiger partial charge >= 0.3 is 12.0 Å². The third-order valence-electron chi connectivity index (χ3n) is 5.29. The van der Waals surface area contributed by atoms with Gasteiger partial charge in [-0.1, -0.05) is 63.2 Å². The van der Waals surface area contributed by atoms with Crippen molar-refractivity contribution in [2.24, 2.45) is 5.41 Å². The molecule has 2 amide bonds. The van der Waals surface area contributed by atoms with Gasteiger partial charge in [-0.05, 0) is 28.7 Å². The zero-order chi connectivity index (χ0) is 21.0. The van der Waals surface area contributed by atoms with Crippen LogP contribution in [0.2, 0.25) is 0 Å². The highest BCUT2D eigenvalue weighted by atomic mass is 16.4. The first-order valence-electron chi connectivity index (χ1n) is 9.94. The van der Waals surface area contributed by atoms with Crippen molar-refractivity contribution in [2.45, 2.75) is 26.8 Å². The molecule has 6 heteroatoms. The second-order valence-electron chi connectivity index (χ2n) is 8.47. The minimum Gasteiger partial charge on any atom is -0.480 e. The summed E-state index contributed by atoms with van der Waals surface area (Å²) in [5.74, 6) is -1.01. The van der Waals surface area contributed by atoms with Crippen molar-refractivity contribution in [1.29, 1.82) is 0 Å². The molecule has 154 valence electrons. The largest absolute Gasteiger partial charge is 0.480 e. The minimum atomic E-state index is -1.01. The molecule has 6 nitrogen and oxygen atoms in total. The standard InChI is InChI=1S/C23H29N3O3/c1-23(2,3)20(21(27)28)24-22(29)26-15-13-25(14-16-26)19-11-9-18(10-12-19)17-7-5-4-6-8-17/h4-12,20H,13-16H2,1-3H3,(H,24,29)(H,27,28)/t20-/m1/s1. The number of hydrogen-bond donors (Lipinski definition) is 2. The van der Waals surface area contributed by atoms with Gasteiger partial charge in [0.15, 0.2) is 0 Å². The van der Waals surface area contributed by atoms with Gasteiger partial charge < -0.3 is 20.2 Å². The van der Waals surface area contributed by atoms with Crippen LogP contribution in [-0.4, -0.2) is 54.2 Å². The fourth-order valence-corrected chi connectivity index (χ4v) is 3.53. The van der Waals surface area contributed by atoms with Crippen LogP contribution in [0, 0.1) is 5.41 Å². The zero-order valence-corrected chi connectivity index (χ0v) is 17.3. The molecular formula is C23H29N3O3. The van der Waals surface area contributed by atoms with Gasteiger partial charge in [0.2, 0.25) is 0 Å². The van der Waals surface area contributed by atoms with Crippen LogP contribution in [0.1, 0.15) is 20.8 Å². The summed E-state index contributed by atoms with van der Waals surface area (Å²) in [5.41, 5.74) is 2.94. The van der Waals surface area contributed by atoms with Gasteiger partial charge in [-0.2, -0.15) is 0 Å². The van der Waals surface area contributed by atoms with Gasteiger partial charge in [-0.3, -0.25) is 0 Å². The van der Waals surface area contributed by atoms with Crippen LogP contribution in [0.25, 0.3) is 11.1 Å². The summed E-state index contributed by atoms with van der Waals surface area (Å²) in [6.45, 7) is 7.97. The molecule has 1 heterocycles. The third-order valence-corrected chi connectivity index (χ3v) is 5.29. The number of carbonyl (C=O) groups excluding carboxylic acids is 1. The van der Waals surface area contributed by atoms with E-state index in [9.17, 15) is 14.7 Å². The number of anilines is 1. The number of hydrogen-bond acceptors (Lipinski definition) is 3. The molecule has 2 aromatic rings. The minimum absolute atomic E-state index is 0.314. The number of piperazine rings is 1. The Bertz CT molecular complexity index is 836. The lowest BCUT2D eigenvalue weighted by molar-refractivity contribution is -0.142. The molecule has 1 saturated heterocycles. The molecule has 2 aromatic carbocycles. The number of nitrogens with zero attached hydrogens (tertiary/aromatic N) is 2. The number of urea groups is 1. The maximum atomic E-state index is 12.5. The van der Waals surface area contributed by atoms with Gasteiger partial charge in [-0.15, -0.1) is 0 Å². The quantitative estimate of drug-likeness (QED) is 0.828. The molecule has 3 rings (SSSR count). The van der Waals surface area contributed by atoms with E-state index < -0.39 is 17.4 Å². The molecule has 0 spiro atoms. The Kier molecular flexibility index (Phi) is 6.11. The van der Waals surface area contributed by atoms with Crippen molar-refractivity contribution in [3.05, 3.63) is 54.6 Å². The van der Waals surface area contributed by atoms with Crippen LogP contribution < -0.4 is 10.2 Å². The molecule has 2 N–H and O–H groups in total. The summed E-state index contributed by atoms with van der Waals surface area (Å²) in [7, 11) is 0. The van der Waals surface area contributed by atoms with E-state index in [2.05, 4.69) is 46.6 Å². The highest BCUT2D eigenvalue weighted by molar-refractivity contribution is 5.83. The molecule has 0 aliphatic carbocycles. The number of carbonyl (C=O) groups is 2. The molecule has 1 atom stereocenters. The normalized spacial score (nSPS) is 15.7. The molecule has 0 saturated carbocycles. The van der Waals surface area contributed by atoms with E-state index in [0.717, 1.165) is 5.69 Å². The highest BCUT2D eigenvalue weighted by Crippen LogP contribution is 2.24. The number of aliphatic carboxylic acids is 1. The number of nitrogens with one attached hydrogen (secondary N) is 1. The van der Waals surface area contributed by atoms with Crippen LogP contribution in [0.4, 0.5) is 10.5 Å². The molecule has 0 bridgehead atoms. The van der Waals surface area contributed by atoms with E-state index in [-0.39, 0.29) is 6.03 Å². The molecule has 1 aliphatic rings. The van der Waals surface area contributed by atoms with E-state index >= 15 is 0 Å². The smallest absolute Gasteiger partial charge is 0.326 e. The van der Waals surface area contributed by atoms with Gasteiger partial charge in [0.05, 0.1) is 0 Å². The maximum Gasteiger partial charge on any atom is 0.326 e. The topological polar surface area (TPSA) is 72.9 Å². The molecule has 0 radical (unpaired) electrons. The van der Waals surface area contributed by atoms with E-state index in [0.29, 0.717) is 26.2 Å². The Morgan fingerprint density at radius 2 is 1.45 bits per heavy atom. The van der Waals surface area contributed by atoms with E-state index in [1.165, 1.54) is 11.1 Å². The number of benzene rings is 2. The fourth-order valence-electron chi connectivity index (χ4n) is 3.53. The van der Waals surface area contributed by atoms with Crippen LogP contribution in [0.5, 0.6) is 0 Å². The maximum absolute atomic E-state index is 12.5. The van der Waals surface area contributed by atoms with Gasteiger partial charge in [0.1, 0.15) is 6.04 Å². The van der Waals surface area contributed by atoms with Crippen molar-refractivity contribution in [1.82, 2.24) is 10.2 Å². The lowest BCUT2D eigenvalue weighted by Gasteiger charge is -2.37. The SMILES string of the molecule is CC(C)(C)[C@H](NC(=O)N1CCN(c2ccc(-c3ccccc3)cc2)CC1)C(=O)O. The van der Waals surface area contributed by atoms with Crippen LogP contribution in [-0.2, 0) is 4.79 Å². The zero-order valence-electron chi connectivity index (χ0n) is 17.3. The molecule has 29 heavy (non-hydrogen) atoms. The Morgan fingerprint density at radius 3 is 1.97 bits per heavy atom. The Labute approximate surface area is 172 Å². The summed E-state index contributed by atoms with van der Waals surface area (Å²) in [4.78, 5) is 28.0. The Hall–Kier alpha value is -3.02. The van der Waals surface area contributed by atoms with E-state index in [1.54, 1.807) is 4.90 Å². The van der Waals surface area contributed by atoms with Crippen molar-refractivity contribution in [2.75, 3.05) is 31.1 Å². The summed E-state index contributed by atoms with van der Waals surface area (Å²) < 4.78 is 0. The van der Waals surface area contributed by atoms with E-state index in [1.807, 2.05) is 39.0 Å². The van der Waals surface area contributed by atoms with Crippen molar-refractivity contribution >= 4 is 17.7 Å². The average Bonchev–Trinajstić information content (AvgIpc) is 2.71. The summed E-state index contributed by atoms with van der Waals surface area (Å²) >= 11 is 0. The summed E-state index contributed by atoms with van der Waals surface area (Å²) in [5, 5.41) is 12.1. The fraction of sp³-hybridized carbons (Fsp3) is 0.391. The van der Waals surface area contributed by atoms with Crippen molar-refractivity contribution in [3.8, 4) is 11.1 Å². The van der Waals surface area contributed by atoms with Crippen molar-refractivity contribution in [3.63, 3.8) is 0 Å². The lowest BCUT2D eigenvalue weighted by atomic mass is 9.87. The van der Waals surface area contributed by atoms with Crippen LogP contribution >= 0.6 is 0 Å². The number of amides is 2. The first kappa shape index (κ1) is 20.7. The van der Waals surface area contributed by atoms with Gasteiger partial charge in [0.25, 0.3) is 0 Å². The average molecular weight is 396 g/mol. The molecule has 1 fully saturated rings. The van der Waals surface area contributed by atoms with Gasteiger partial charge in [0, 0.05) is 31.9 Å². The summed E-state index contributed by atoms with van der Waals surface area (Å²) in [6.07, 6.45) is 0. The molecule has 1 aliphatic heterocycles. The highest BCUT2D eigenvalue weighted by Gasteiger charge is 2.34. The Morgan fingerprint density at radius 1 is 0.897 bits per heavy atom. The Balaban J connectivity index is 1.57. The first-order chi connectivity index (χ1) is 13.8. The molecular weight excluding hydrogens is 366 g/mol. The van der Waals surface area contributed by atoms with Gasteiger partial charge in [-0.25, -0.2) is 9.59 Å². The lowest BCUT2D eigenvalue weighted by Crippen LogP contribution is -2.57. The van der Waals surface area contributed by atoms with E-state index in [4.69, 9.17) is 0 Å². The number of carboxylic acid groups (broad SMARTS) is 1. The predicted octanol–water partition coefficient (Wildman–Crippen LogP) is 3.68. The summed E-state index contributed by atoms with van der Waals surface area (Å²) in [6, 6.07) is 17.5. The second kappa shape index (κ2) is 8.55. The van der Waals surface area contributed by atoms with Crippen LogP contribution in [0.15, 0.2) is 54.6 Å². The molecule has 0 aromatic heterocycles. The second-order valence-corrected chi connectivity index (χ2v) is 8.47. The monoisotopic (exact) mass is 395 g/mol. The van der Waals surface area contributed by atoms with Crippen molar-refractivity contribution < 1.29 is 14.7 Å².